The minimum absolute atomic E-state index is 0.000790. The number of anilines is 1. The van der Waals surface area contributed by atoms with Crippen LogP contribution in [0.3, 0.4) is 0 Å². The van der Waals surface area contributed by atoms with Crippen molar-refractivity contribution < 1.29 is 16.8 Å². The summed E-state index contributed by atoms with van der Waals surface area (Å²) < 4.78 is 48.8. The van der Waals surface area contributed by atoms with Gasteiger partial charge in [-0.3, -0.25) is 0 Å². The largest absolute Gasteiger partial charge is 0.378 e. The zero-order valence-electron chi connectivity index (χ0n) is 11.7. The first kappa shape index (κ1) is 17.2. The Balaban J connectivity index is 2.63. The van der Waals surface area contributed by atoms with Gasteiger partial charge in [-0.1, -0.05) is 29.9 Å². The lowest BCUT2D eigenvalue weighted by atomic mass is 10.4. The smallest absolute Gasteiger partial charge is 0.226 e. The van der Waals surface area contributed by atoms with Crippen molar-refractivity contribution in [2.24, 2.45) is 0 Å². The van der Waals surface area contributed by atoms with Crippen molar-refractivity contribution in [3.05, 3.63) is 29.3 Å². The van der Waals surface area contributed by atoms with Crippen LogP contribution in [0.4, 0.5) is 5.00 Å². The van der Waals surface area contributed by atoms with Crippen LogP contribution in [0.5, 0.6) is 0 Å². The van der Waals surface area contributed by atoms with Gasteiger partial charge >= 0.3 is 0 Å². The third-order valence-corrected chi connectivity index (χ3v) is 8.17. The Bertz CT molecular complexity index is 887. The standard InChI is InChI=1S/C12H13ClN2O4S3/c1-3-21(16,17)12-15-11(10(14-2)20-12)22(18,19)9-6-4-8(13)5-7-9/h4-7,14H,3H2,1-2H3. The molecule has 0 aliphatic carbocycles. The molecule has 0 fully saturated rings. The number of halogens is 1. The van der Waals surface area contributed by atoms with E-state index in [9.17, 15) is 16.8 Å². The van der Waals surface area contributed by atoms with Gasteiger partial charge in [0.15, 0.2) is 5.03 Å². The van der Waals surface area contributed by atoms with Gasteiger partial charge in [-0.05, 0) is 24.3 Å². The maximum Gasteiger partial charge on any atom is 0.226 e. The van der Waals surface area contributed by atoms with E-state index < -0.39 is 19.7 Å². The van der Waals surface area contributed by atoms with Crippen molar-refractivity contribution >= 4 is 47.6 Å². The number of nitrogens with one attached hydrogen (secondary N) is 1. The van der Waals surface area contributed by atoms with E-state index in [1.807, 2.05) is 0 Å². The molecule has 1 aromatic carbocycles. The Hall–Kier alpha value is -1.16. The summed E-state index contributed by atoms with van der Waals surface area (Å²) in [6.07, 6.45) is 0. The van der Waals surface area contributed by atoms with Gasteiger partial charge in [-0.25, -0.2) is 21.8 Å². The fraction of sp³-hybridized carbons (Fsp3) is 0.250. The lowest BCUT2D eigenvalue weighted by Gasteiger charge is -2.04. The van der Waals surface area contributed by atoms with Crippen LogP contribution in [0.1, 0.15) is 6.92 Å². The summed E-state index contributed by atoms with van der Waals surface area (Å²) in [5.41, 5.74) is 0. The Kier molecular flexibility index (Phi) is 4.81. The molecule has 10 heteroatoms. The second-order valence-electron chi connectivity index (χ2n) is 4.22. The molecular formula is C12H13ClN2O4S3. The maximum absolute atomic E-state index is 12.6. The maximum atomic E-state index is 12.6. The molecule has 1 N–H and O–H groups in total. The molecule has 1 heterocycles. The molecule has 0 aliphatic rings. The van der Waals surface area contributed by atoms with E-state index in [0.717, 1.165) is 11.3 Å². The van der Waals surface area contributed by atoms with Crippen molar-refractivity contribution in [1.29, 1.82) is 0 Å². The first-order valence-corrected chi connectivity index (χ1v) is 10.5. The highest BCUT2D eigenvalue weighted by molar-refractivity contribution is 7.94. The Morgan fingerprint density at radius 3 is 2.27 bits per heavy atom. The number of nitrogens with zero attached hydrogens (tertiary/aromatic N) is 1. The van der Waals surface area contributed by atoms with Crippen LogP contribution >= 0.6 is 22.9 Å². The quantitative estimate of drug-likeness (QED) is 0.856. The number of benzene rings is 1. The molecule has 120 valence electrons. The lowest BCUT2D eigenvalue weighted by Crippen LogP contribution is -2.07. The predicted molar refractivity (Wildman–Crippen MR) is 86.3 cm³/mol. The fourth-order valence-electron chi connectivity index (χ4n) is 1.61. The van der Waals surface area contributed by atoms with Crippen LogP contribution in [-0.2, 0) is 19.7 Å². The van der Waals surface area contributed by atoms with Crippen LogP contribution in [0.2, 0.25) is 5.02 Å². The topological polar surface area (TPSA) is 93.2 Å². The van der Waals surface area contributed by atoms with Gasteiger partial charge < -0.3 is 5.32 Å². The van der Waals surface area contributed by atoms with E-state index in [4.69, 9.17) is 11.6 Å². The van der Waals surface area contributed by atoms with Crippen molar-refractivity contribution in [2.45, 2.75) is 21.2 Å². The van der Waals surface area contributed by atoms with E-state index in [1.165, 1.54) is 38.2 Å². The summed E-state index contributed by atoms with van der Waals surface area (Å²) in [7, 11) is -6.00. The van der Waals surface area contributed by atoms with Crippen molar-refractivity contribution in [3.63, 3.8) is 0 Å². The summed E-state index contributed by atoms with van der Waals surface area (Å²) >= 11 is 6.55. The first-order valence-electron chi connectivity index (χ1n) is 6.14. The highest BCUT2D eigenvalue weighted by Crippen LogP contribution is 2.34. The molecule has 0 aliphatic heterocycles. The zero-order chi connectivity index (χ0) is 16.5. The fourth-order valence-corrected chi connectivity index (χ4v) is 5.72. The van der Waals surface area contributed by atoms with E-state index >= 15 is 0 Å². The third kappa shape index (κ3) is 3.12. The van der Waals surface area contributed by atoms with Crippen molar-refractivity contribution in [1.82, 2.24) is 4.98 Å². The Morgan fingerprint density at radius 2 is 1.77 bits per heavy atom. The summed E-state index contributed by atoms with van der Waals surface area (Å²) in [6.45, 7) is 1.48. The van der Waals surface area contributed by atoms with Gasteiger partial charge in [-0.2, -0.15) is 0 Å². The normalized spacial score (nSPS) is 12.3. The summed E-state index contributed by atoms with van der Waals surface area (Å²) in [4.78, 5) is 3.84. The predicted octanol–water partition coefficient (Wildman–Crippen LogP) is 2.46. The monoisotopic (exact) mass is 380 g/mol. The molecular weight excluding hydrogens is 368 g/mol. The molecule has 22 heavy (non-hydrogen) atoms. The molecule has 0 amide bonds. The summed E-state index contributed by atoms with van der Waals surface area (Å²) in [6, 6.07) is 5.60. The summed E-state index contributed by atoms with van der Waals surface area (Å²) in [5.74, 6) is -0.149. The molecule has 2 rings (SSSR count). The molecule has 0 bridgehead atoms. The van der Waals surface area contributed by atoms with E-state index in [2.05, 4.69) is 10.3 Å². The average Bonchev–Trinajstić information content (AvgIpc) is 2.93. The Labute approximate surface area is 138 Å². The number of hydrogen-bond acceptors (Lipinski definition) is 7. The summed E-state index contributed by atoms with van der Waals surface area (Å²) in [5, 5.41) is 2.97. The third-order valence-electron chi connectivity index (χ3n) is 2.83. The number of hydrogen-bond donors (Lipinski definition) is 1. The molecule has 6 nitrogen and oxygen atoms in total. The number of rotatable bonds is 5. The first-order chi connectivity index (χ1) is 10.2. The minimum atomic E-state index is -3.93. The van der Waals surface area contributed by atoms with E-state index in [-0.39, 0.29) is 25.0 Å². The van der Waals surface area contributed by atoms with Gasteiger partial charge in [0.1, 0.15) is 5.00 Å². The van der Waals surface area contributed by atoms with Crippen LogP contribution < -0.4 is 5.32 Å². The SMILES string of the molecule is CCS(=O)(=O)c1nc(S(=O)(=O)c2ccc(Cl)cc2)c(NC)s1. The van der Waals surface area contributed by atoms with Gasteiger partial charge in [-0.15, -0.1) is 0 Å². The van der Waals surface area contributed by atoms with Crippen LogP contribution in [0.25, 0.3) is 0 Å². The molecule has 0 radical (unpaired) electrons. The highest BCUT2D eigenvalue weighted by atomic mass is 35.5. The zero-order valence-corrected chi connectivity index (χ0v) is 14.9. The van der Waals surface area contributed by atoms with E-state index in [0.29, 0.717) is 5.02 Å². The van der Waals surface area contributed by atoms with Crippen LogP contribution in [-0.4, -0.2) is 34.6 Å². The second-order valence-corrected chi connectivity index (χ2v) is 9.98. The van der Waals surface area contributed by atoms with Crippen LogP contribution in [0.15, 0.2) is 38.5 Å². The van der Waals surface area contributed by atoms with Gasteiger partial charge in [0, 0.05) is 12.1 Å². The molecule has 0 atom stereocenters. The molecule has 0 saturated heterocycles. The number of aromatic nitrogens is 1. The minimum Gasteiger partial charge on any atom is -0.378 e. The number of sulfone groups is 2. The van der Waals surface area contributed by atoms with E-state index in [1.54, 1.807) is 0 Å². The van der Waals surface area contributed by atoms with Gasteiger partial charge in [0.2, 0.25) is 24.0 Å². The average molecular weight is 381 g/mol. The molecule has 0 saturated carbocycles. The lowest BCUT2D eigenvalue weighted by molar-refractivity contribution is 0.590. The van der Waals surface area contributed by atoms with Gasteiger partial charge in [0.05, 0.1) is 10.6 Å². The van der Waals surface area contributed by atoms with Crippen molar-refractivity contribution in [2.75, 3.05) is 18.1 Å². The van der Waals surface area contributed by atoms with Crippen molar-refractivity contribution in [3.8, 4) is 0 Å². The highest BCUT2D eigenvalue weighted by Gasteiger charge is 2.29. The molecule has 2 aromatic rings. The molecule has 1 aromatic heterocycles. The molecule has 0 unspecified atom stereocenters. The Morgan fingerprint density at radius 1 is 1.18 bits per heavy atom. The second kappa shape index (κ2) is 6.15. The van der Waals surface area contributed by atoms with Gasteiger partial charge in [0.25, 0.3) is 0 Å². The molecule has 0 spiro atoms. The number of thiazole rings is 1. The van der Waals surface area contributed by atoms with Crippen LogP contribution in [0, 0.1) is 0 Å².